The van der Waals surface area contributed by atoms with E-state index in [2.05, 4.69) is 15.2 Å². The molecule has 1 saturated heterocycles. The zero-order valence-corrected chi connectivity index (χ0v) is 10.4. The largest absolute Gasteiger partial charge is 0.386 e. The molecule has 0 amide bonds. The number of benzene rings is 1. The van der Waals surface area contributed by atoms with Crippen molar-refractivity contribution in [1.82, 2.24) is 4.98 Å². The van der Waals surface area contributed by atoms with Crippen molar-refractivity contribution in [3.05, 3.63) is 30.2 Å². The molecule has 0 unspecified atom stereocenters. The number of hydrogen-bond acceptors (Lipinski definition) is 3. The molecule has 3 rings (SSSR count). The number of hydrogen-bond donors (Lipinski definition) is 1. The zero-order chi connectivity index (χ0) is 12.5. The van der Waals surface area contributed by atoms with Gasteiger partial charge in [-0.25, -0.2) is 9.37 Å². The quantitative estimate of drug-likeness (QED) is 0.881. The molecule has 0 atom stereocenters. The summed E-state index contributed by atoms with van der Waals surface area (Å²) in [4.78, 5) is 6.62. The van der Waals surface area contributed by atoms with Gasteiger partial charge < -0.3 is 10.2 Å². The van der Waals surface area contributed by atoms with E-state index in [1.165, 1.54) is 6.07 Å². The highest BCUT2D eigenvalue weighted by atomic mass is 19.1. The molecule has 3 nitrogen and oxygen atoms in total. The van der Waals surface area contributed by atoms with Crippen LogP contribution in [0, 0.1) is 5.82 Å². The third-order valence-corrected chi connectivity index (χ3v) is 3.52. The van der Waals surface area contributed by atoms with Crippen LogP contribution < -0.4 is 10.2 Å². The lowest BCUT2D eigenvalue weighted by atomic mass is 10.1. The number of fused-ring (bicyclic) bond motifs is 1. The molecule has 0 saturated carbocycles. The lowest BCUT2D eigenvalue weighted by Gasteiger charge is -2.20. The molecule has 0 spiro atoms. The molecule has 18 heavy (non-hydrogen) atoms. The Morgan fingerprint density at radius 2 is 2.06 bits per heavy atom. The summed E-state index contributed by atoms with van der Waals surface area (Å²) in [5, 5.41) is 4.60. The molecule has 0 aliphatic carbocycles. The Kier molecular flexibility index (Phi) is 2.78. The van der Waals surface area contributed by atoms with Gasteiger partial charge in [-0.2, -0.15) is 0 Å². The third kappa shape index (κ3) is 1.68. The predicted octanol–water partition coefficient (Wildman–Crippen LogP) is 3.02. The van der Waals surface area contributed by atoms with Crippen LogP contribution in [0.5, 0.6) is 0 Å². The number of rotatable bonds is 2. The average Bonchev–Trinajstić information content (AvgIpc) is 2.91. The Morgan fingerprint density at radius 3 is 2.78 bits per heavy atom. The summed E-state index contributed by atoms with van der Waals surface area (Å²) in [6.07, 6.45) is 4.10. The zero-order valence-electron chi connectivity index (χ0n) is 10.4. The minimum atomic E-state index is -0.195. The van der Waals surface area contributed by atoms with Crippen LogP contribution in [-0.2, 0) is 0 Å². The van der Waals surface area contributed by atoms with Gasteiger partial charge >= 0.3 is 0 Å². The average molecular weight is 245 g/mol. The van der Waals surface area contributed by atoms with Crippen LogP contribution in [0.15, 0.2) is 24.4 Å². The first-order valence-electron chi connectivity index (χ1n) is 6.31. The van der Waals surface area contributed by atoms with Crippen molar-refractivity contribution >= 4 is 22.3 Å². The molecule has 4 heteroatoms. The molecule has 1 N–H and O–H groups in total. The van der Waals surface area contributed by atoms with Gasteiger partial charge in [0.2, 0.25) is 0 Å². The van der Waals surface area contributed by atoms with Crippen molar-refractivity contribution in [2.45, 2.75) is 12.8 Å². The topological polar surface area (TPSA) is 28.2 Å². The normalized spacial score (nSPS) is 15.3. The Hall–Kier alpha value is -1.84. The van der Waals surface area contributed by atoms with Crippen molar-refractivity contribution < 1.29 is 4.39 Å². The molecular formula is C14H16FN3. The Balaban J connectivity index is 2.26. The molecule has 1 aromatic heterocycles. The highest BCUT2D eigenvalue weighted by Crippen LogP contribution is 2.33. The van der Waals surface area contributed by atoms with E-state index in [9.17, 15) is 4.39 Å². The summed E-state index contributed by atoms with van der Waals surface area (Å²) in [6, 6.07) is 5.18. The molecule has 2 heterocycles. The molecule has 1 aliphatic heterocycles. The highest BCUT2D eigenvalue weighted by Gasteiger charge is 2.19. The number of nitrogens with zero attached hydrogens (tertiary/aromatic N) is 2. The monoisotopic (exact) mass is 245 g/mol. The van der Waals surface area contributed by atoms with Crippen molar-refractivity contribution in [2.24, 2.45) is 0 Å². The number of pyridine rings is 1. The van der Waals surface area contributed by atoms with Crippen LogP contribution in [-0.4, -0.2) is 25.1 Å². The Morgan fingerprint density at radius 1 is 1.28 bits per heavy atom. The van der Waals surface area contributed by atoms with E-state index in [-0.39, 0.29) is 5.82 Å². The van der Waals surface area contributed by atoms with Gasteiger partial charge in [0.25, 0.3) is 0 Å². The molecule has 1 aliphatic rings. The van der Waals surface area contributed by atoms with E-state index in [1.807, 2.05) is 13.1 Å². The second kappa shape index (κ2) is 4.44. The summed E-state index contributed by atoms with van der Waals surface area (Å²) in [5.41, 5.74) is 0.868. The molecule has 0 bridgehead atoms. The second-order valence-corrected chi connectivity index (χ2v) is 4.60. The van der Waals surface area contributed by atoms with Gasteiger partial charge in [-0.15, -0.1) is 0 Å². The maximum atomic E-state index is 14.1. The first-order valence-corrected chi connectivity index (χ1v) is 6.31. The SMILES string of the molecule is CNc1cnc(N2CCCC2)c2c(F)cccc12. The van der Waals surface area contributed by atoms with Crippen LogP contribution in [0.1, 0.15) is 12.8 Å². The van der Waals surface area contributed by atoms with Crippen LogP contribution >= 0.6 is 0 Å². The smallest absolute Gasteiger partial charge is 0.139 e. The fraction of sp³-hybridized carbons (Fsp3) is 0.357. The molecular weight excluding hydrogens is 229 g/mol. The van der Waals surface area contributed by atoms with Gasteiger partial charge in [0.15, 0.2) is 0 Å². The van der Waals surface area contributed by atoms with Crippen molar-refractivity contribution in [3.8, 4) is 0 Å². The molecule has 94 valence electrons. The van der Waals surface area contributed by atoms with E-state index >= 15 is 0 Å². The fourth-order valence-electron chi connectivity index (χ4n) is 2.60. The van der Waals surface area contributed by atoms with Crippen LogP contribution in [0.2, 0.25) is 0 Å². The standard InChI is InChI=1S/C14H16FN3/c1-16-12-9-17-14(18-7-2-3-8-18)13-10(12)5-4-6-11(13)15/h4-6,9,16H,2-3,7-8H2,1H3. The van der Waals surface area contributed by atoms with E-state index < -0.39 is 0 Å². The lowest BCUT2D eigenvalue weighted by molar-refractivity contribution is 0.639. The van der Waals surface area contributed by atoms with Gasteiger partial charge in [-0.3, -0.25) is 0 Å². The summed E-state index contributed by atoms with van der Waals surface area (Å²) in [5.74, 6) is 0.582. The molecule has 1 fully saturated rings. The number of anilines is 2. The summed E-state index contributed by atoms with van der Waals surface area (Å²) >= 11 is 0. The van der Waals surface area contributed by atoms with Gasteiger partial charge in [0.05, 0.1) is 17.3 Å². The van der Waals surface area contributed by atoms with Crippen LogP contribution in [0.4, 0.5) is 15.9 Å². The van der Waals surface area contributed by atoms with Gasteiger partial charge in [0.1, 0.15) is 11.6 Å². The second-order valence-electron chi connectivity index (χ2n) is 4.60. The summed E-state index contributed by atoms with van der Waals surface area (Å²) in [7, 11) is 1.83. The number of nitrogens with one attached hydrogen (secondary N) is 1. The van der Waals surface area contributed by atoms with E-state index in [0.717, 1.165) is 42.8 Å². The van der Waals surface area contributed by atoms with E-state index in [1.54, 1.807) is 12.3 Å². The van der Waals surface area contributed by atoms with Gasteiger partial charge in [-0.1, -0.05) is 12.1 Å². The molecule has 0 radical (unpaired) electrons. The minimum Gasteiger partial charge on any atom is -0.386 e. The highest BCUT2D eigenvalue weighted by molar-refractivity contribution is 6.00. The van der Waals surface area contributed by atoms with Crippen LogP contribution in [0.25, 0.3) is 10.8 Å². The van der Waals surface area contributed by atoms with Crippen molar-refractivity contribution in [3.63, 3.8) is 0 Å². The first-order chi connectivity index (χ1) is 8.81. The van der Waals surface area contributed by atoms with E-state index in [4.69, 9.17) is 0 Å². The van der Waals surface area contributed by atoms with Crippen molar-refractivity contribution in [1.29, 1.82) is 0 Å². The Labute approximate surface area is 106 Å². The Bertz CT molecular complexity index is 577. The summed E-state index contributed by atoms with van der Waals surface area (Å²) < 4.78 is 14.1. The van der Waals surface area contributed by atoms with E-state index in [0.29, 0.717) is 5.39 Å². The third-order valence-electron chi connectivity index (χ3n) is 3.52. The van der Waals surface area contributed by atoms with Gasteiger partial charge in [-0.05, 0) is 18.9 Å². The predicted molar refractivity (Wildman–Crippen MR) is 72.7 cm³/mol. The maximum Gasteiger partial charge on any atom is 0.139 e. The maximum absolute atomic E-state index is 14.1. The first kappa shape index (κ1) is 11.3. The fourth-order valence-corrected chi connectivity index (χ4v) is 2.60. The molecule has 1 aromatic carbocycles. The number of aromatic nitrogens is 1. The number of halogens is 1. The summed E-state index contributed by atoms with van der Waals surface area (Å²) in [6.45, 7) is 1.94. The molecule has 2 aromatic rings. The lowest BCUT2D eigenvalue weighted by Crippen LogP contribution is -2.19. The minimum absolute atomic E-state index is 0.195. The van der Waals surface area contributed by atoms with Crippen molar-refractivity contribution in [2.75, 3.05) is 30.4 Å². The van der Waals surface area contributed by atoms with Crippen LogP contribution in [0.3, 0.4) is 0 Å². The van der Waals surface area contributed by atoms with Gasteiger partial charge in [0, 0.05) is 25.5 Å².